The highest BCUT2D eigenvalue weighted by atomic mass is 32.2. The van der Waals surface area contributed by atoms with Gasteiger partial charge in [0.2, 0.25) is 0 Å². The van der Waals surface area contributed by atoms with E-state index in [4.69, 9.17) is 14.6 Å². The van der Waals surface area contributed by atoms with E-state index in [-0.39, 0.29) is 23.8 Å². The second-order valence-corrected chi connectivity index (χ2v) is 9.35. The summed E-state index contributed by atoms with van der Waals surface area (Å²) >= 11 is 0. The Labute approximate surface area is 183 Å². The molecule has 0 radical (unpaired) electrons. The van der Waals surface area contributed by atoms with Gasteiger partial charge in [-0.3, -0.25) is 9.10 Å². The predicted octanol–water partition coefficient (Wildman–Crippen LogP) is 4.42. The van der Waals surface area contributed by atoms with Crippen LogP contribution in [0.3, 0.4) is 0 Å². The molecule has 0 saturated heterocycles. The van der Waals surface area contributed by atoms with Gasteiger partial charge in [-0.15, -0.1) is 0 Å². The summed E-state index contributed by atoms with van der Waals surface area (Å²) in [6, 6.07) is 11.7. The molecule has 0 fully saturated rings. The van der Waals surface area contributed by atoms with Crippen molar-refractivity contribution in [2.24, 2.45) is 0 Å². The van der Waals surface area contributed by atoms with Gasteiger partial charge in [-0.05, 0) is 67.8 Å². The van der Waals surface area contributed by atoms with Crippen LogP contribution in [0, 0.1) is 0 Å². The molecule has 7 nitrogen and oxygen atoms in total. The number of fused-ring (bicyclic) bond motifs is 1. The summed E-state index contributed by atoms with van der Waals surface area (Å²) in [6.07, 6.45) is 2.29. The van der Waals surface area contributed by atoms with Gasteiger partial charge >= 0.3 is 5.97 Å². The summed E-state index contributed by atoms with van der Waals surface area (Å²) in [5.74, 6) is 0.171. The average Bonchev–Trinajstić information content (AvgIpc) is 3.12. The number of carbonyl (C=O) groups is 1. The van der Waals surface area contributed by atoms with E-state index in [1.54, 1.807) is 36.4 Å². The molecule has 0 spiro atoms. The van der Waals surface area contributed by atoms with Crippen molar-refractivity contribution >= 4 is 21.7 Å². The number of carboxylic acids is 1. The summed E-state index contributed by atoms with van der Waals surface area (Å²) in [7, 11) is -3.80. The molecule has 1 atom stereocenters. The van der Waals surface area contributed by atoms with Crippen LogP contribution in [0.15, 0.2) is 47.4 Å². The Balaban J connectivity index is 1.88. The molecule has 3 rings (SSSR count). The fourth-order valence-corrected chi connectivity index (χ4v) is 5.22. The van der Waals surface area contributed by atoms with Crippen LogP contribution in [0.5, 0.6) is 11.5 Å². The second-order valence-electron chi connectivity index (χ2n) is 7.49. The summed E-state index contributed by atoms with van der Waals surface area (Å²) in [4.78, 5) is 11.3. The largest absolute Gasteiger partial charge is 0.494 e. The van der Waals surface area contributed by atoms with Crippen molar-refractivity contribution < 1.29 is 27.8 Å². The maximum absolute atomic E-state index is 13.4. The van der Waals surface area contributed by atoms with E-state index in [0.29, 0.717) is 36.8 Å². The van der Waals surface area contributed by atoms with Crippen LogP contribution in [0.25, 0.3) is 0 Å². The van der Waals surface area contributed by atoms with Crippen LogP contribution in [-0.2, 0) is 14.8 Å². The summed E-state index contributed by atoms with van der Waals surface area (Å²) in [6.45, 7) is 5.24. The first-order chi connectivity index (χ1) is 14.9. The van der Waals surface area contributed by atoms with Crippen molar-refractivity contribution in [2.75, 3.05) is 24.1 Å². The molecule has 1 N–H and O–H groups in total. The van der Waals surface area contributed by atoms with E-state index in [1.807, 2.05) is 13.0 Å². The molecule has 1 aliphatic heterocycles. The lowest BCUT2D eigenvalue weighted by Crippen LogP contribution is -2.30. The molecular formula is C23H29NO6S. The third-order valence-electron chi connectivity index (χ3n) is 5.29. The van der Waals surface area contributed by atoms with Gasteiger partial charge in [0.05, 0.1) is 23.8 Å². The van der Waals surface area contributed by atoms with E-state index in [1.165, 1.54) is 4.31 Å². The van der Waals surface area contributed by atoms with E-state index in [9.17, 15) is 13.2 Å². The van der Waals surface area contributed by atoms with Crippen molar-refractivity contribution in [3.8, 4) is 11.5 Å². The average molecular weight is 448 g/mol. The minimum atomic E-state index is -3.80. The third-order valence-corrected chi connectivity index (χ3v) is 7.08. The molecule has 0 saturated carbocycles. The van der Waals surface area contributed by atoms with Crippen LogP contribution < -0.4 is 13.8 Å². The molecule has 2 aromatic carbocycles. The molecule has 0 bridgehead atoms. The van der Waals surface area contributed by atoms with Gasteiger partial charge in [0, 0.05) is 18.9 Å². The number of anilines is 1. The van der Waals surface area contributed by atoms with E-state index in [2.05, 4.69) is 6.92 Å². The SMILES string of the molecule is CCCCOc1ccc(S(=O)(=O)N2CC(CCC(=O)O)c3cc(OCC)ccc32)cc1. The van der Waals surface area contributed by atoms with Crippen molar-refractivity contribution in [3.63, 3.8) is 0 Å². The number of benzene rings is 2. The number of carboxylic acid groups (broad SMARTS) is 1. The zero-order valence-electron chi connectivity index (χ0n) is 17.9. The third kappa shape index (κ3) is 5.31. The smallest absolute Gasteiger partial charge is 0.303 e. The normalized spacial score (nSPS) is 15.5. The van der Waals surface area contributed by atoms with Crippen LogP contribution in [0.1, 0.15) is 51.0 Å². The molecule has 0 aromatic heterocycles. The summed E-state index contributed by atoms with van der Waals surface area (Å²) < 4.78 is 39.4. The van der Waals surface area contributed by atoms with Gasteiger partial charge in [-0.1, -0.05) is 13.3 Å². The van der Waals surface area contributed by atoms with E-state index in [0.717, 1.165) is 18.4 Å². The van der Waals surface area contributed by atoms with Gasteiger partial charge in [-0.25, -0.2) is 8.42 Å². The number of ether oxygens (including phenoxy) is 2. The Bertz CT molecular complexity index is 1000. The lowest BCUT2D eigenvalue weighted by Gasteiger charge is -2.20. The molecular weight excluding hydrogens is 418 g/mol. The van der Waals surface area contributed by atoms with Crippen molar-refractivity contribution in [1.29, 1.82) is 0 Å². The molecule has 0 aliphatic carbocycles. The molecule has 1 aliphatic rings. The number of nitrogens with zero attached hydrogens (tertiary/aromatic N) is 1. The molecule has 1 unspecified atom stereocenters. The first kappa shape index (κ1) is 22.9. The Kier molecular flexibility index (Phi) is 7.43. The Morgan fingerprint density at radius 3 is 2.45 bits per heavy atom. The molecule has 168 valence electrons. The van der Waals surface area contributed by atoms with Crippen molar-refractivity contribution in [3.05, 3.63) is 48.0 Å². The highest BCUT2D eigenvalue weighted by Crippen LogP contribution is 2.43. The molecule has 0 amide bonds. The number of hydrogen-bond acceptors (Lipinski definition) is 5. The summed E-state index contributed by atoms with van der Waals surface area (Å²) in [5, 5.41) is 9.10. The van der Waals surface area contributed by atoms with Crippen LogP contribution in [0.4, 0.5) is 5.69 Å². The predicted molar refractivity (Wildman–Crippen MR) is 119 cm³/mol. The van der Waals surface area contributed by atoms with Gasteiger partial charge < -0.3 is 14.6 Å². The maximum Gasteiger partial charge on any atom is 0.303 e. The van der Waals surface area contributed by atoms with Crippen LogP contribution in [-0.4, -0.2) is 39.3 Å². The maximum atomic E-state index is 13.4. The highest BCUT2D eigenvalue weighted by Gasteiger charge is 2.37. The molecule has 31 heavy (non-hydrogen) atoms. The topological polar surface area (TPSA) is 93.1 Å². The molecule has 2 aromatic rings. The Morgan fingerprint density at radius 2 is 1.81 bits per heavy atom. The number of sulfonamides is 1. The van der Waals surface area contributed by atoms with Gasteiger partial charge in [0.25, 0.3) is 10.0 Å². The Morgan fingerprint density at radius 1 is 1.10 bits per heavy atom. The molecule has 8 heteroatoms. The monoisotopic (exact) mass is 447 g/mol. The van der Waals surface area contributed by atoms with Gasteiger partial charge in [0.15, 0.2) is 0 Å². The first-order valence-corrected chi connectivity index (χ1v) is 12.0. The van der Waals surface area contributed by atoms with Crippen LogP contribution >= 0.6 is 0 Å². The minimum absolute atomic E-state index is 0.0271. The number of unbranched alkanes of at least 4 members (excludes halogenated alkanes) is 1. The quantitative estimate of drug-likeness (QED) is 0.513. The highest BCUT2D eigenvalue weighted by molar-refractivity contribution is 7.92. The second kappa shape index (κ2) is 10.0. The first-order valence-electron chi connectivity index (χ1n) is 10.6. The standard InChI is InChI=1S/C23H29NO6S/c1-3-5-14-30-18-7-10-20(11-8-18)31(27,28)24-16-17(6-13-23(25)26)21-15-19(29-4-2)9-12-22(21)24/h7-12,15,17H,3-6,13-14,16H2,1-2H3,(H,25,26). The van der Waals surface area contributed by atoms with E-state index < -0.39 is 16.0 Å². The number of hydrogen-bond donors (Lipinski definition) is 1. The van der Waals surface area contributed by atoms with Gasteiger partial charge in [-0.2, -0.15) is 0 Å². The Hall–Kier alpha value is -2.74. The number of aliphatic carboxylic acids is 1. The minimum Gasteiger partial charge on any atom is -0.494 e. The lowest BCUT2D eigenvalue weighted by molar-refractivity contribution is -0.137. The molecule has 1 heterocycles. The fourth-order valence-electron chi connectivity index (χ4n) is 3.68. The van der Waals surface area contributed by atoms with E-state index >= 15 is 0 Å². The summed E-state index contributed by atoms with van der Waals surface area (Å²) in [5.41, 5.74) is 1.37. The van der Waals surface area contributed by atoms with Gasteiger partial charge in [0.1, 0.15) is 11.5 Å². The fraction of sp³-hybridized carbons (Fsp3) is 0.435. The lowest BCUT2D eigenvalue weighted by atomic mass is 9.96. The zero-order valence-corrected chi connectivity index (χ0v) is 18.7. The zero-order chi connectivity index (χ0) is 22.4. The van der Waals surface area contributed by atoms with Crippen LogP contribution in [0.2, 0.25) is 0 Å². The van der Waals surface area contributed by atoms with Crippen molar-refractivity contribution in [2.45, 2.75) is 50.3 Å². The number of rotatable bonds is 11. The van der Waals surface area contributed by atoms with Crippen molar-refractivity contribution in [1.82, 2.24) is 0 Å².